The molecular weight excluding hydrogens is 388 g/mol. The zero-order valence-corrected chi connectivity index (χ0v) is 18.7. The zero-order chi connectivity index (χ0) is 22.1. The Morgan fingerprint density at radius 1 is 1.00 bits per heavy atom. The van der Waals surface area contributed by atoms with Gasteiger partial charge in [0.15, 0.2) is 5.78 Å². The molecule has 3 aromatic rings. The number of furan rings is 1. The molecule has 0 unspecified atom stereocenters. The van der Waals surface area contributed by atoms with Gasteiger partial charge in [-0.3, -0.25) is 4.79 Å². The van der Waals surface area contributed by atoms with E-state index < -0.39 is 0 Å². The summed E-state index contributed by atoms with van der Waals surface area (Å²) in [6.45, 7) is 6.98. The molecule has 3 rings (SSSR count). The van der Waals surface area contributed by atoms with Crippen LogP contribution >= 0.6 is 0 Å². The van der Waals surface area contributed by atoms with E-state index in [-0.39, 0.29) is 5.78 Å². The summed E-state index contributed by atoms with van der Waals surface area (Å²) in [5.41, 5.74) is 8.56. The van der Waals surface area contributed by atoms with Crippen LogP contribution in [0.15, 0.2) is 46.9 Å². The minimum Gasteiger partial charge on any atom is -0.494 e. The van der Waals surface area contributed by atoms with Crippen molar-refractivity contribution in [1.82, 2.24) is 5.32 Å². The normalized spacial score (nSPS) is 11.2. The number of aryl methyl sites for hydroxylation is 1. The molecule has 2 aromatic carbocycles. The minimum absolute atomic E-state index is 0.0397. The van der Waals surface area contributed by atoms with Crippen molar-refractivity contribution in [3.63, 3.8) is 0 Å². The number of ketones is 1. The molecule has 5 nitrogen and oxygen atoms in total. The fraction of sp³-hybridized carbons (Fsp3) is 0.423. The van der Waals surface area contributed by atoms with Gasteiger partial charge in [0.25, 0.3) is 0 Å². The summed E-state index contributed by atoms with van der Waals surface area (Å²) in [5, 5.41) is 4.19. The van der Waals surface area contributed by atoms with Gasteiger partial charge in [0, 0.05) is 23.1 Å². The summed E-state index contributed by atoms with van der Waals surface area (Å²) in [6, 6.07) is 12.8. The molecule has 0 fully saturated rings. The molecule has 1 heterocycles. The summed E-state index contributed by atoms with van der Waals surface area (Å²) < 4.78 is 11.8. The van der Waals surface area contributed by atoms with Crippen molar-refractivity contribution >= 4 is 22.4 Å². The van der Waals surface area contributed by atoms with E-state index in [1.54, 1.807) is 6.07 Å². The third kappa shape index (κ3) is 6.11. The Bertz CT molecular complexity index is 976. The first-order chi connectivity index (χ1) is 15.1. The quantitative estimate of drug-likeness (QED) is 0.208. The van der Waals surface area contributed by atoms with Crippen LogP contribution in [-0.2, 0) is 6.42 Å². The van der Waals surface area contributed by atoms with Crippen LogP contribution in [0.25, 0.3) is 11.0 Å². The Morgan fingerprint density at radius 2 is 1.74 bits per heavy atom. The number of hydrogen-bond donors (Lipinski definition) is 2. The SMILES string of the molecule is CCCCNCCCOc1ccc(C(=O)c2c(CCCC)oc3ccc(N)cc23)cc1. The van der Waals surface area contributed by atoms with Crippen molar-refractivity contribution in [1.29, 1.82) is 0 Å². The van der Waals surface area contributed by atoms with Crippen LogP contribution in [0.1, 0.15) is 67.6 Å². The number of nitrogen functional groups attached to an aromatic ring is 1. The second-order valence-corrected chi connectivity index (χ2v) is 7.92. The Balaban J connectivity index is 1.68. The largest absolute Gasteiger partial charge is 0.494 e. The molecule has 0 aliphatic heterocycles. The summed E-state index contributed by atoms with van der Waals surface area (Å²) in [7, 11) is 0. The average Bonchev–Trinajstić information content (AvgIpc) is 3.14. The van der Waals surface area contributed by atoms with Crippen LogP contribution in [-0.4, -0.2) is 25.5 Å². The number of benzene rings is 2. The van der Waals surface area contributed by atoms with Crippen LogP contribution in [0.2, 0.25) is 0 Å². The molecule has 0 radical (unpaired) electrons. The van der Waals surface area contributed by atoms with Gasteiger partial charge in [-0.25, -0.2) is 0 Å². The maximum absolute atomic E-state index is 13.4. The zero-order valence-electron chi connectivity index (χ0n) is 18.7. The number of ether oxygens (including phenoxy) is 1. The van der Waals surface area contributed by atoms with Crippen molar-refractivity contribution in [2.45, 2.75) is 52.4 Å². The Hall–Kier alpha value is -2.79. The third-order valence-corrected chi connectivity index (χ3v) is 5.36. The molecule has 0 aliphatic carbocycles. The van der Waals surface area contributed by atoms with Crippen molar-refractivity contribution < 1.29 is 13.9 Å². The van der Waals surface area contributed by atoms with E-state index >= 15 is 0 Å². The standard InChI is InChI=1S/C26H34N2O3/c1-3-5-8-24-25(22-18-20(27)11-14-23(22)31-24)26(29)19-9-12-21(13-10-19)30-17-7-16-28-15-6-4-2/h9-14,18,28H,3-8,15-17,27H2,1-2H3. The molecule has 166 valence electrons. The smallest absolute Gasteiger partial charge is 0.197 e. The highest BCUT2D eigenvalue weighted by Crippen LogP contribution is 2.31. The van der Waals surface area contributed by atoms with Gasteiger partial charge in [-0.15, -0.1) is 0 Å². The highest BCUT2D eigenvalue weighted by molar-refractivity contribution is 6.17. The summed E-state index contributed by atoms with van der Waals surface area (Å²) in [4.78, 5) is 13.4. The molecule has 1 aromatic heterocycles. The first kappa shape index (κ1) is 22.9. The maximum atomic E-state index is 13.4. The molecule has 0 spiro atoms. The van der Waals surface area contributed by atoms with Crippen LogP contribution in [0.3, 0.4) is 0 Å². The van der Waals surface area contributed by atoms with Crippen molar-refractivity contribution in [2.24, 2.45) is 0 Å². The molecular formula is C26H34N2O3. The van der Waals surface area contributed by atoms with Gasteiger partial charge in [0.1, 0.15) is 17.1 Å². The molecule has 0 amide bonds. The number of rotatable bonds is 13. The van der Waals surface area contributed by atoms with E-state index in [0.717, 1.165) is 55.7 Å². The third-order valence-electron chi connectivity index (χ3n) is 5.36. The number of hydrogen-bond acceptors (Lipinski definition) is 5. The van der Waals surface area contributed by atoms with E-state index in [1.165, 1.54) is 12.8 Å². The fourth-order valence-electron chi connectivity index (χ4n) is 3.59. The van der Waals surface area contributed by atoms with Crippen molar-refractivity contribution in [3.05, 3.63) is 59.4 Å². The molecule has 0 aliphatic rings. The van der Waals surface area contributed by atoms with E-state index in [9.17, 15) is 4.79 Å². The van der Waals surface area contributed by atoms with E-state index in [0.29, 0.717) is 29.0 Å². The number of anilines is 1. The topological polar surface area (TPSA) is 77.5 Å². The van der Waals surface area contributed by atoms with Gasteiger partial charge in [-0.2, -0.15) is 0 Å². The van der Waals surface area contributed by atoms with Crippen molar-refractivity contribution in [3.8, 4) is 5.75 Å². The summed E-state index contributed by atoms with van der Waals surface area (Å²) in [6.07, 6.45) is 6.10. The van der Waals surface area contributed by atoms with Crippen LogP contribution in [0, 0.1) is 0 Å². The lowest BCUT2D eigenvalue weighted by Crippen LogP contribution is -2.18. The van der Waals surface area contributed by atoms with E-state index in [1.807, 2.05) is 36.4 Å². The van der Waals surface area contributed by atoms with Crippen molar-refractivity contribution in [2.75, 3.05) is 25.4 Å². The molecule has 0 atom stereocenters. The van der Waals surface area contributed by atoms with E-state index in [4.69, 9.17) is 14.9 Å². The number of fused-ring (bicyclic) bond motifs is 1. The lowest BCUT2D eigenvalue weighted by molar-refractivity contribution is 0.103. The van der Waals surface area contributed by atoms with Gasteiger partial charge in [-0.05, 0) is 74.8 Å². The van der Waals surface area contributed by atoms with E-state index in [2.05, 4.69) is 19.2 Å². The second-order valence-electron chi connectivity index (χ2n) is 7.92. The molecule has 0 bridgehead atoms. The van der Waals surface area contributed by atoms with Gasteiger partial charge < -0.3 is 20.2 Å². The predicted octanol–water partition coefficient (Wildman–Crippen LogP) is 5.75. The number of nitrogens with two attached hydrogens (primary N) is 1. The average molecular weight is 423 g/mol. The predicted molar refractivity (Wildman–Crippen MR) is 127 cm³/mol. The first-order valence-corrected chi connectivity index (χ1v) is 11.4. The molecule has 3 N–H and O–H groups in total. The highest BCUT2D eigenvalue weighted by Gasteiger charge is 2.22. The van der Waals surface area contributed by atoms with Gasteiger partial charge in [0.05, 0.1) is 12.2 Å². The number of carbonyl (C=O) groups excluding carboxylic acids is 1. The van der Waals surface area contributed by atoms with Crippen LogP contribution < -0.4 is 15.8 Å². The number of carbonyl (C=O) groups is 1. The van der Waals surface area contributed by atoms with Gasteiger partial charge >= 0.3 is 0 Å². The lowest BCUT2D eigenvalue weighted by Gasteiger charge is -2.08. The maximum Gasteiger partial charge on any atom is 0.197 e. The Kier molecular flexibility index (Phi) is 8.53. The van der Waals surface area contributed by atoms with Crippen LogP contribution in [0.4, 0.5) is 5.69 Å². The number of unbranched alkanes of at least 4 members (excludes halogenated alkanes) is 2. The molecule has 0 saturated heterocycles. The Labute approximate surface area is 185 Å². The van der Waals surface area contributed by atoms with Gasteiger partial charge in [0.2, 0.25) is 0 Å². The summed E-state index contributed by atoms with van der Waals surface area (Å²) in [5.74, 6) is 1.48. The Morgan fingerprint density at radius 3 is 2.48 bits per heavy atom. The first-order valence-electron chi connectivity index (χ1n) is 11.4. The minimum atomic E-state index is -0.0397. The monoisotopic (exact) mass is 422 g/mol. The fourth-order valence-corrected chi connectivity index (χ4v) is 3.59. The summed E-state index contributed by atoms with van der Waals surface area (Å²) >= 11 is 0. The lowest BCUT2D eigenvalue weighted by atomic mass is 9.98. The molecule has 31 heavy (non-hydrogen) atoms. The number of nitrogens with one attached hydrogen (secondary N) is 1. The molecule has 0 saturated carbocycles. The molecule has 5 heteroatoms. The highest BCUT2D eigenvalue weighted by atomic mass is 16.5. The van der Waals surface area contributed by atoms with Gasteiger partial charge in [-0.1, -0.05) is 26.7 Å². The van der Waals surface area contributed by atoms with Crippen LogP contribution in [0.5, 0.6) is 5.75 Å². The second kappa shape index (κ2) is 11.6.